The molecule has 0 N–H and O–H groups in total. The van der Waals surface area contributed by atoms with E-state index in [2.05, 4.69) is 0 Å². The molecule has 5 rings (SSSR count). The largest absolute Gasteiger partial charge is 0.493 e. The first kappa shape index (κ1) is 24.4. The summed E-state index contributed by atoms with van der Waals surface area (Å²) in [4.78, 5) is 25.8. The minimum Gasteiger partial charge on any atom is -0.493 e. The summed E-state index contributed by atoms with van der Waals surface area (Å²) in [6, 6.07) is 22.5. The van der Waals surface area contributed by atoms with Crippen molar-refractivity contribution in [2.24, 2.45) is 5.92 Å². The van der Waals surface area contributed by atoms with Gasteiger partial charge in [0.25, 0.3) is 0 Å². The van der Waals surface area contributed by atoms with Crippen molar-refractivity contribution in [2.75, 3.05) is 14.2 Å². The summed E-state index contributed by atoms with van der Waals surface area (Å²) in [6.45, 7) is 0. The van der Waals surface area contributed by atoms with E-state index in [1.165, 1.54) is 20.5 Å². The first-order valence-electron chi connectivity index (χ1n) is 12.2. The van der Waals surface area contributed by atoms with Gasteiger partial charge in [0.1, 0.15) is 24.2 Å². The number of ketones is 1. The lowest BCUT2D eigenvalue weighted by Crippen LogP contribution is -2.43. The van der Waals surface area contributed by atoms with Crippen molar-refractivity contribution in [1.82, 2.24) is 0 Å². The summed E-state index contributed by atoms with van der Waals surface area (Å²) >= 11 is 0. The van der Waals surface area contributed by atoms with E-state index in [1.54, 1.807) is 18.2 Å². The van der Waals surface area contributed by atoms with Crippen molar-refractivity contribution in [3.8, 4) is 28.4 Å². The van der Waals surface area contributed by atoms with Gasteiger partial charge in [-0.05, 0) is 54.3 Å². The van der Waals surface area contributed by atoms with Crippen molar-refractivity contribution < 1.29 is 33.3 Å². The normalized spacial score (nSPS) is 20.6. The van der Waals surface area contributed by atoms with Crippen molar-refractivity contribution in [2.45, 2.75) is 31.5 Å². The number of ether oxygens (including phenoxy) is 5. The maximum Gasteiger partial charge on any atom is 0.338 e. The van der Waals surface area contributed by atoms with E-state index in [0.29, 0.717) is 42.1 Å². The van der Waals surface area contributed by atoms with Gasteiger partial charge in [-0.3, -0.25) is 4.79 Å². The van der Waals surface area contributed by atoms with Crippen LogP contribution in [0.15, 0.2) is 84.8 Å². The molecule has 3 atom stereocenters. The first-order valence-corrected chi connectivity index (χ1v) is 12.2. The second kappa shape index (κ2) is 10.8. The topological polar surface area (TPSA) is 80.3 Å². The predicted molar refractivity (Wildman–Crippen MR) is 137 cm³/mol. The van der Waals surface area contributed by atoms with Crippen LogP contribution in [0.1, 0.15) is 29.6 Å². The Hall–Kier alpha value is -4.26. The average Bonchev–Trinajstić information content (AvgIpc) is 2.95. The van der Waals surface area contributed by atoms with Gasteiger partial charge in [-0.2, -0.15) is 0 Å². The molecule has 3 aromatic rings. The summed E-state index contributed by atoms with van der Waals surface area (Å²) in [5.74, 6) is 0.867. The van der Waals surface area contributed by atoms with Crippen LogP contribution in [0.2, 0.25) is 0 Å². The Bertz CT molecular complexity index is 1300. The highest BCUT2D eigenvalue weighted by Gasteiger charge is 2.42. The Morgan fingerprint density at radius 3 is 2.32 bits per heavy atom. The molecule has 7 nitrogen and oxygen atoms in total. The Labute approximate surface area is 215 Å². The van der Waals surface area contributed by atoms with Gasteiger partial charge in [-0.15, -0.1) is 0 Å². The monoisotopic (exact) mass is 500 g/mol. The smallest absolute Gasteiger partial charge is 0.338 e. The molecule has 1 aliphatic heterocycles. The van der Waals surface area contributed by atoms with Gasteiger partial charge in [0.05, 0.1) is 25.7 Å². The molecule has 190 valence electrons. The summed E-state index contributed by atoms with van der Waals surface area (Å²) in [5, 5.41) is 0. The van der Waals surface area contributed by atoms with E-state index in [4.69, 9.17) is 23.7 Å². The highest BCUT2D eigenvalue weighted by atomic mass is 16.6. The third-order valence-corrected chi connectivity index (χ3v) is 6.76. The second-order valence-electron chi connectivity index (χ2n) is 9.03. The molecule has 1 saturated carbocycles. The molecule has 3 unspecified atom stereocenters. The van der Waals surface area contributed by atoms with Crippen molar-refractivity contribution in [3.05, 3.63) is 90.4 Å². The van der Waals surface area contributed by atoms with Crippen LogP contribution in [-0.2, 0) is 14.3 Å². The number of carbonyl (C=O) groups is 2. The Morgan fingerprint density at radius 2 is 1.59 bits per heavy atom. The average molecular weight is 501 g/mol. The van der Waals surface area contributed by atoms with Gasteiger partial charge in [0.15, 0.2) is 11.5 Å². The first-order chi connectivity index (χ1) is 18.1. The zero-order chi connectivity index (χ0) is 25.8. The molecular formula is C30H28O7. The van der Waals surface area contributed by atoms with E-state index < -0.39 is 5.97 Å². The van der Waals surface area contributed by atoms with Crippen molar-refractivity contribution in [1.29, 1.82) is 0 Å². The van der Waals surface area contributed by atoms with Crippen LogP contribution in [0, 0.1) is 5.92 Å². The lowest BCUT2D eigenvalue weighted by Gasteiger charge is -2.36. The number of esters is 1. The van der Waals surface area contributed by atoms with Crippen LogP contribution in [-0.4, -0.2) is 38.2 Å². The molecule has 0 radical (unpaired) electrons. The molecule has 37 heavy (non-hydrogen) atoms. The molecule has 7 heteroatoms. The Morgan fingerprint density at radius 1 is 0.865 bits per heavy atom. The van der Waals surface area contributed by atoms with E-state index in [9.17, 15) is 9.59 Å². The molecule has 1 fully saturated rings. The van der Waals surface area contributed by atoms with Crippen molar-refractivity contribution in [3.63, 3.8) is 0 Å². The molecule has 0 amide bonds. The molecule has 0 spiro atoms. The molecule has 0 saturated heterocycles. The number of hydrogen-bond acceptors (Lipinski definition) is 7. The molecule has 0 aromatic heterocycles. The number of benzene rings is 3. The van der Waals surface area contributed by atoms with E-state index in [1.807, 2.05) is 54.6 Å². The second-order valence-corrected chi connectivity index (χ2v) is 9.03. The Balaban J connectivity index is 1.19. The van der Waals surface area contributed by atoms with Crippen LogP contribution < -0.4 is 14.2 Å². The van der Waals surface area contributed by atoms with Crippen LogP contribution in [0.4, 0.5) is 0 Å². The SMILES string of the molecule is COc1ccc(C(=O)OC2CCC3C(=O)C(Oc4ccc(-c5ccccc5)cc4)=COC3C2)cc1OC. The minimum absolute atomic E-state index is 0.0898. The molecule has 1 aliphatic carbocycles. The number of rotatable bonds is 7. The maximum atomic E-state index is 13.1. The van der Waals surface area contributed by atoms with Gasteiger partial charge in [-0.25, -0.2) is 4.79 Å². The quantitative estimate of drug-likeness (QED) is 0.392. The van der Waals surface area contributed by atoms with Crippen LogP contribution >= 0.6 is 0 Å². The van der Waals surface area contributed by atoms with Crippen LogP contribution in [0.5, 0.6) is 17.2 Å². The molecule has 0 bridgehead atoms. The van der Waals surface area contributed by atoms with E-state index in [0.717, 1.165) is 11.1 Å². The number of allylic oxidation sites excluding steroid dienone is 1. The predicted octanol–water partition coefficient (Wildman–Crippen LogP) is 5.58. The molecule has 1 heterocycles. The fourth-order valence-corrected chi connectivity index (χ4v) is 4.77. The van der Waals surface area contributed by atoms with Crippen molar-refractivity contribution >= 4 is 11.8 Å². The maximum absolute atomic E-state index is 13.1. The van der Waals surface area contributed by atoms with E-state index >= 15 is 0 Å². The standard InChI is InChI=1S/C30H28O7/c1-33-25-15-10-21(16-27(25)34-2)30(32)37-23-13-14-24-26(17-23)35-18-28(29(24)31)36-22-11-8-20(9-12-22)19-6-4-3-5-7-19/h3-12,15-16,18,23-24,26H,13-14,17H2,1-2H3. The van der Waals surface area contributed by atoms with E-state index in [-0.39, 0.29) is 29.7 Å². The number of carbonyl (C=O) groups excluding carboxylic acids is 2. The zero-order valence-corrected chi connectivity index (χ0v) is 20.7. The highest BCUT2D eigenvalue weighted by molar-refractivity contribution is 5.96. The molecule has 3 aromatic carbocycles. The fraction of sp³-hybridized carbons (Fsp3) is 0.267. The minimum atomic E-state index is -0.454. The fourth-order valence-electron chi connectivity index (χ4n) is 4.77. The van der Waals surface area contributed by atoms with Gasteiger partial charge >= 0.3 is 5.97 Å². The number of hydrogen-bond donors (Lipinski definition) is 0. The number of methoxy groups -OCH3 is 2. The molecular weight excluding hydrogens is 472 g/mol. The zero-order valence-electron chi connectivity index (χ0n) is 20.7. The summed E-state index contributed by atoms with van der Waals surface area (Å²) in [7, 11) is 3.04. The lowest BCUT2D eigenvalue weighted by atomic mass is 9.80. The third kappa shape index (κ3) is 5.31. The third-order valence-electron chi connectivity index (χ3n) is 6.76. The number of Topliss-reactive ketones (excluding diaryl/α,β-unsaturated/α-hetero) is 1. The Kier molecular flexibility index (Phi) is 7.12. The van der Waals surface area contributed by atoms with Crippen LogP contribution in [0.3, 0.4) is 0 Å². The number of fused-ring (bicyclic) bond motifs is 1. The van der Waals surface area contributed by atoms with Crippen LogP contribution in [0.25, 0.3) is 11.1 Å². The molecule has 2 aliphatic rings. The van der Waals surface area contributed by atoms with Gasteiger partial charge in [0, 0.05) is 6.42 Å². The summed E-state index contributed by atoms with van der Waals surface area (Å²) in [6.07, 6.45) is 2.21. The van der Waals surface area contributed by atoms with Gasteiger partial charge in [0.2, 0.25) is 11.5 Å². The van der Waals surface area contributed by atoms with Gasteiger partial charge < -0.3 is 23.7 Å². The summed E-state index contributed by atoms with van der Waals surface area (Å²) in [5.41, 5.74) is 2.54. The lowest BCUT2D eigenvalue weighted by molar-refractivity contribution is -0.132. The highest BCUT2D eigenvalue weighted by Crippen LogP contribution is 2.36. The van der Waals surface area contributed by atoms with Gasteiger partial charge in [-0.1, -0.05) is 42.5 Å². The summed E-state index contributed by atoms with van der Waals surface area (Å²) < 4.78 is 28.0.